The highest BCUT2D eigenvalue weighted by atomic mass is 19.1. The third-order valence-corrected chi connectivity index (χ3v) is 4.24. The number of aromatic nitrogens is 1. The van der Waals surface area contributed by atoms with E-state index < -0.39 is 11.6 Å². The summed E-state index contributed by atoms with van der Waals surface area (Å²) in [5, 5.41) is 2.46. The SMILES string of the molecule is Cn1cccc1[C@H]1CCCN1CC(=O)Nc1cc(F)ccc1F. The summed E-state index contributed by atoms with van der Waals surface area (Å²) in [5.74, 6) is -1.56. The molecule has 0 radical (unpaired) electrons. The van der Waals surface area contributed by atoms with Gasteiger partial charge in [-0.2, -0.15) is 0 Å². The number of rotatable bonds is 4. The average molecular weight is 319 g/mol. The Kier molecular flexibility index (Phi) is 4.43. The number of benzene rings is 1. The van der Waals surface area contributed by atoms with Crippen molar-refractivity contribution < 1.29 is 13.6 Å². The first-order valence-electron chi connectivity index (χ1n) is 7.65. The fourth-order valence-electron chi connectivity index (χ4n) is 3.14. The van der Waals surface area contributed by atoms with Gasteiger partial charge in [-0.05, 0) is 43.7 Å². The molecular weight excluding hydrogens is 300 g/mol. The highest BCUT2D eigenvalue weighted by Crippen LogP contribution is 2.31. The second-order valence-corrected chi connectivity index (χ2v) is 5.84. The highest BCUT2D eigenvalue weighted by molar-refractivity contribution is 5.92. The van der Waals surface area contributed by atoms with Crippen LogP contribution in [0.15, 0.2) is 36.5 Å². The zero-order chi connectivity index (χ0) is 16.4. The Hall–Kier alpha value is -2.21. The second kappa shape index (κ2) is 6.50. The third-order valence-electron chi connectivity index (χ3n) is 4.24. The summed E-state index contributed by atoms with van der Waals surface area (Å²) >= 11 is 0. The molecule has 6 heteroatoms. The number of hydrogen-bond donors (Lipinski definition) is 1. The monoisotopic (exact) mass is 319 g/mol. The van der Waals surface area contributed by atoms with Crippen LogP contribution in [0.25, 0.3) is 0 Å². The van der Waals surface area contributed by atoms with Crippen molar-refractivity contribution in [1.82, 2.24) is 9.47 Å². The van der Waals surface area contributed by atoms with E-state index in [4.69, 9.17) is 0 Å². The minimum atomic E-state index is -0.639. The Morgan fingerprint density at radius 1 is 1.35 bits per heavy atom. The molecule has 1 atom stereocenters. The largest absolute Gasteiger partial charge is 0.353 e. The number of nitrogens with one attached hydrogen (secondary N) is 1. The first kappa shape index (κ1) is 15.7. The van der Waals surface area contributed by atoms with Crippen LogP contribution in [0.2, 0.25) is 0 Å². The Bertz CT molecular complexity index is 714. The van der Waals surface area contributed by atoms with E-state index in [1.807, 2.05) is 29.9 Å². The molecule has 122 valence electrons. The number of likely N-dealkylation sites (tertiary alicyclic amines) is 1. The van der Waals surface area contributed by atoms with E-state index in [-0.39, 0.29) is 24.2 Å². The fraction of sp³-hybridized carbons (Fsp3) is 0.353. The minimum absolute atomic E-state index is 0.121. The molecule has 2 aromatic rings. The van der Waals surface area contributed by atoms with Crippen LogP contribution < -0.4 is 5.32 Å². The topological polar surface area (TPSA) is 37.3 Å². The van der Waals surface area contributed by atoms with Crippen LogP contribution in [0.4, 0.5) is 14.5 Å². The maximum atomic E-state index is 13.6. The maximum Gasteiger partial charge on any atom is 0.238 e. The molecular formula is C17H19F2N3O. The van der Waals surface area contributed by atoms with Crippen molar-refractivity contribution >= 4 is 11.6 Å². The lowest BCUT2D eigenvalue weighted by molar-refractivity contribution is -0.117. The molecule has 1 fully saturated rings. The zero-order valence-electron chi connectivity index (χ0n) is 12.9. The maximum absolute atomic E-state index is 13.6. The number of hydrogen-bond acceptors (Lipinski definition) is 2. The van der Waals surface area contributed by atoms with Crippen molar-refractivity contribution in [2.24, 2.45) is 7.05 Å². The van der Waals surface area contributed by atoms with Crippen LogP contribution in [0.1, 0.15) is 24.6 Å². The van der Waals surface area contributed by atoms with E-state index in [1.54, 1.807) is 0 Å². The number of carbonyl (C=O) groups is 1. The fourth-order valence-corrected chi connectivity index (χ4v) is 3.14. The van der Waals surface area contributed by atoms with Gasteiger partial charge in [-0.3, -0.25) is 9.69 Å². The summed E-state index contributed by atoms with van der Waals surface area (Å²) in [4.78, 5) is 14.3. The predicted octanol–water partition coefficient (Wildman–Crippen LogP) is 3.08. The molecule has 1 aliphatic heterocycles. The van der Waals surface area contributed by atoms with Crippen molar-refractivity contribution in [1.29, 1.82) is 0 Å². The summed E-state index contributed by atoms with van der Waals surface area (Å²) < 4.78 is 28.8. The number of amides is 1. The van der Waals surface area contributed by atoms with Gasteiger partial charge in [0.2, 0.25) is 5.91 Å². The van der Waals surface area contributed by atoms with Gasteiger partial charge in [0.25, 0.3) is 0 Å². The van der Waals surface area contributed by atoms with Crippen molar-refractivity contribution in [2.45, 2.75) is 18.9 Å². The molecule has 1 aromatic heterocycles. The summed E-state index contributed by atoms with van der Waals surface area (Å²) in [6, 6.07) is 7.23. The molecule has 0 bridgehead atoms. The van der Waals surface area contributed by atoms with Crippen LogP contribution in [-0.4, -0.2) is 28.5 Å². The van der Waals surface area contributed by atoms with E-state index in [1.165, 1.54) is 0 Å². The number of anilines is 1. The Morgan fingerprint density at radius 3 is 2.91 bits per heavy atom. The van der Waals surface area contributed by atoms with E-state index >= 15 is 0 Å². The quantitative estimate of drug-likeness (QED) is 0.940. The van der Waals surface area contributed by atoms with Gasteiger partial charge in [0.15, 0.2) is 0 Å². The molecule has 1 saturated heterocycles. The van der Waals surface area contributed by atoms with E-state index in [9.17, 15) is 13.6 Å². The lowest BCUT2D eigenvalue weighted by atomic mass is 10.1. The van der Waals surface area contributed by atoms with Gasteiger partial charge in [0.1, 0.15) is 11.6 Å². The first-order chi connectivity index (χ1) is 11.0. The van der Waals surface area contributed by atoms with Crippen LogP contribution in [0.5, 0.6) is 0 Å². The standard InChI is InChI=1S/C17H19F2N3O/c1-21-8-2-4-15(21)16-5-3-9-22(16)11-17(23)20-14-10-12(18)6-7-13(14)19/h2,4,6-8,10,16H,3,5,9,11H2,1H3,(H,20,23)/t16-/m1/s1. The molecule has 1 aromatic carbocycles. The lowest BCUT2D eigenvalue weighted by Gasteiger charge is -2.24. The van der Waals surface area contributed by atoms with E-state index in [0.29, 0.717) is 0 Å². The number of nitrogens with zero attached hydrogens (tertiary/aromatic N) is 2. The summed E-state index contributed by atoms with van der Waals surface area (Å²) in [6.07, 6.45) is 3.98. The Balaban J connectivity index is 1.67. The van der Waals surface area contributed by atoms with E-state index in [2.05, 4.69) is 10.2 Å². The van der Waals surface area contributed by atoms with Gasteiger partial charge in [-0.25, -0.2) is 8.78 Å². The van der Waals surface area contributed by atoms with Gasteiger partial charge in [0, 0.05) is 25.0 Å². The van der Waals surface area contributed by atoms with Crippen LogP contribution >= 0.6 is 0 Å². The van der Waals surface area contributed by atoms with E-state index in [0.717, 1.165) is 43.3 Å². The summed E-state index contributed by atoms with van der Waals surface area (Å²) in [5.41, 5.74) is 1.04. The molecule has 3 rings (SSSR count). The van der Waals surface area contributed by atoms with Gasteiger partial charge < -0.3 is 9.88 Å². The molecule has 0 saturated carbocycles. The molecule has 2 heterocycles. The van der Waals surface area contributed by atoms with Crippen molar-refractivity contribution in [3.8, 4) is 0 Å². The molecule has 23 heavy (non-hydrogen) atoms. The first-order valence-corrected chi connectivity index (χ1v) is 7.65. The molecule has 1 aliphatic rings. The van der Waals surface area contributed by atoms with Crippen LogP contribution in [0, 0.1) is 11.6 Å². The zero-order valence-corrected chi connectivity index (χ0v) is 12.9. The number of aryl methyl sites for hydroxylation is 1. The van der Waals surface area contributed by atoms with Gasteiger partial charge in [-0.15, -0.1) is 0 Å². The summed E-state index contributed by atoms with van der Waals surface area (Å²) in [7, 11) is 1.98. The van der Waals surface area contributed by atoms with Crippen molar-refractivity contribution in [3.05, 3.63) is 53.9 Å². The van der Waals surface area contributed by atoms with Crippen LogP contribution in [0.3, 0.4) is 0 Å². The highest BCUT2D eigenvalue weighted by Gasteiger charge is 2.29. The van der Waals surface area contributed by atoms with Crippen molar-refractivity contribution in [2.75, 3.05) is 18.4 Å². The van der Waals surface area contributed by atoms with Gasteiger partial charge in [0.05, 0.1) is 18.3 Å². The average Bonchev–Trinajstić information content (AvgIpc) is 3.11. The molecule has 0 spiro atoms. The molecule has 1 N–H and O–H groups in total. The summed E-state index contributed by atoms with van der Waals surface area (Å²) in [6.45, 7) is 0.973. The van der Waals surface area contributed by atoms with Crippen LogP contribution in [-0.2, 0) is 11.8 Å². The molecule has 0 unspecified atom stereocenters. The molecule has 1 amide bonds. The molecule has 4 nitrogen and oxygen atoms in total. The normalized spacial score (nSPS) is 18.3. The smallest absolute Gasteiger partial charge is 0.238 e. The predicted molar refractivity (Wildman–Crippen MR) is 83.9 cm³/mol. The van der Waals surface area contributed by atoms with Crippen molar-refractivity contribution in [3.63, 3.8) is 0 Å². The Labute approximate surface area is 133 Å². The second-order valence-electron chi connectivity index (χ2n) is 5.84. The number of carbonyl (C=O) groups excluding carboxylic acids is 1. The van der Waals surface area contributed by atoms with Gasteiger partial charge in [-0.1, -0.05) is 0 Å². The Morgan fingerprint density at radius 2 is 2.17 bits per heavy atom. The van der Waals surface area contributed by atoms with Gasteiger partial charge >= 0.3 is 0 Å². The lowest BCUT2D eigenvalue weighted by Crippen LogP contribution is -2.33. The molecule has 0 aliphatic carbocycles. The third kappa shape index (κ3) is 3.42. The number of halogens is 2. The minimum Gasteiger partial charge on any atom is -0.353 e.